The maximum Gasteiger partial charge on any atom is 0.193 e. The van der Waals surface area contributed by atoms with Crippen molar-refractivity contribution in [3.8, 4) is 11.5 Å². The molecule has 2 aromatic rings. The lowest BCUT2D eigenvalue weighted by Crippen LogP contribution is -2.26. The van der Waals surface area contributed by atoms with E-state index in [-0.39, 0.29) is 35.9 Å². The summed E-state index contributed by atoms with van der Waals surface area (Å²) >= 11 is 0. The summed E-state index contributed by atoms with van der Waals surface area (Å²) < 4.78 is 24.0. The Balaban J connectivity index is 0.00000312. The molecule has 0 saturated heterocycles. The lowest BCUT2D eigenvalue weighted by molar-refractivity contribution is 0.205. The summed E-state index contributed by atoms with van der Waals surface area (Å²) in [5.74, 6) is 1.22. The highest BCUT2D eigenvalue weighted by molar-refractivity contribution is 14.0. The van der Waals surface area contributed by atoms with E-state index in [4.69, 9.17) is 15.2 Å². The molecular formula is C18H23FIN3O2. The van der Waals surface area contributed by atoms with Gasteiger partial charge in [0.25, 0.3) is 0 Å². The zero-order chi connectivity index (χ0) is 17.4. The van der Waals surface area contributed by atoms with Gasteiger partial charge >= 0.3 is 0 Å². The number of hydrogen-bond donors (Lipinski definition) is 2. The Hall–Kier alpha value is -2.03. The first-order valence-corrected chi connectivity index (χ1v) is 7.74. The third-order valence-electron chi connectivity index (χ3n) is 3.38. The van der Waals surface area contributed by atoms with Crippen LogP contribution in [0.5, 0.6) is 11.5 Å². The van der Waals surface area contributed by atoms with E-state index >= 15 is 0 Å². The molecule has 0 amide bonds. The number of guanidine groups is 1. The van der Waals surface area contributed by atoms with Crippen molar-refractivity contribution in [2.45, 2.75) is 19.4 Å². The van der Waals surface area contributed by atoms with Crippen molar-refractivity contribution >= 4 is 35.6 Å². The fourth-order valence-corrected chi connectivity index (χ4v) is 2.04. The van der Waals surface area contributed by atoms with Crippen LogP contribution in [-0.4, -0.2) is 25.7 Å². The van der Waals surface area contributed by atoms with Crippen LogP contribution in [0.25, 0.3) is 0 Å². The van der Waals surface area contributed by atoms with E-state index in [0.717, 1.165) is 17.9 Å². The lowest BCUT2D eigenvalue weighted by atomic mass is 10.2. The van der Waals surface area contributed by atoms with E-state index in [9.17, 15) is 4.39 Å². The SMILES string of the molecule is CCC(CN=C(N)Nc1ccc(OC)cc1)Oc1cccc(F)c1.I. The predicted octanol–water partition coefficient (Wildman–Crippen LogP) is 4.04. The van der Waals surface area contributed by atoms with Crippen molar-refractivity contribution in [3.63, 3.8) is 0 Å². The van der Waals surface area contributed by atoms with Gasteiger partial charge in [-0.15, -0.1) is 24.0 Å². The number of anilines is 1. The average Bonchev–Trinajstić information content (AvgIpc) is 2.59. The van der Waals surface area contributed by atoms with E-state index in [1.807, 2.05) is 31.2 Å². The molecule has 0 spiro atoms. The first kappa shape index (κ1) is 21.0. The lowest BCUT2D eigenvalue weighted by Gasteiger charge is -2.16. The summed E-state index contributed by atoms with van der Waals surface area (Å²) in [6, 6.07) is 13.4. The monoisotopic (exact) mass is 459 g/mol. The van der Waals surface area contributed by atoms with Gasteiger partial charge in [-0.2, -0.15) is 0 Å². The Bertz CT molecular complexity index is 680. The largest absolute Gasteiger partial charge is 0.497 e. The summed E-state index contributed by atoms with van der Waals surface area (Å²) in [6.45, 7) is 2.36. The van der Waals surface area contributed by atoms with Gasteiger partial charge in [-0.1, -0.05) is 13.0 Å². The standard InChI is InChI=1S/C18H22FN3O2.HI/c1-3-15(24-17-6-4-5-13(19)11-17)12-21-18(20)22-14-7-9-16(23-2)10-8-14;/h4-11,15H,3,12H2,1-2H3,(H3,20,21,22);1H. The second-order valence-corrected chi connectivity index (χ2v) is 5.18. The summed E-state index contributed by atoms with van der Waals surface area (Å²) in [7, 11) is 1.61. The normalized spacial score (nSPS) is 12.0. The fraction of sp³-hybridized carbons (Fsp3) is 0.278. The van der Waals surface area contributed by atoms with E-state index in [1.54, 1.807) is 19.2 Å². The molecule has 2 rings (SSSR count). The van der Waals surface area contributed by atoms with E-state index in [0.29, 0.717) is 18.3 Å². The summed E-state index contributed by atoms with van der Waals surface area (Å²) in [5, 5.41) is 3.00. The van der Waals surface area contributed by atoms with Crippen LogP contribution in [0.1, 0.15) is 13.3 Å². The quantitative estimate of drug-likeness (QED) is 0.373. The third-order valence-corrected chi connectivity index (χ3v) is 3.38. The van der Waals surface area contributed by atoms with Crippen molar-refractivity contribution in [3.05, 3.63) is 54.3 Å². The summed E-state index contributed by atoms with van der Waals surface area (Å²) in [6.07, 6.45) is 0.554. The Labute approximate surface area is 164 Å². The number of nitrogens with one attached hydrogen (secondary N) is 1. The van der Waals surface area contributed by atoms with Crippen molar-refractivity contribution in [2.75, 3.05) is 19.0 Å². The van der Waals surface area contributed by atoms with Crippen LogP contribution in [0.4, 0.5) is 10.1 Å². The summed E-state index contributed by atoms with van der Waals surface area (Å²) in [5.41, 5.74) is 6.70. The van der Waals surface area contributed by atoms with E-state index < -0.39 is 0 Å². The van der Waals surface area contributed by atoms with Crippen LogP contribution in [0.15, 0.2) is 53.5 Å². The molecule has 0 aliphatic carbocycles. The van der Waals surface area contributed by atoms with E-state index in [1.165, 1.54) is 12.1 Å². The molecule has 0 radical (unpaired) electrons. The topological polar surface area (TPSA) is 68.9 Å². The molecule has 0 aliphatic heterocycles. The Kier molecular flexibility index (Phi) is 9.04. The maximum absolute atomic E-state index is 13.2. The number of hydrogen-bond acceptors (Lipinski definition) is 3. The first-order valence-electron chi connectivity index (χ1n) is 7.74. The molecule has 3 N–H and O–H groups in total. The van der Waals surface area contributed by atoms with Gasteiger partial charge < -0.3 is 20.5 Å². The van der Waals surface area contributed by atoms with Crippen LogP contribution >= 0.6 is 24.0 Å². The highest BCUT2D eigenvalue weighted by Crippen LogP contribution is 2.16. The third kappa shape index (κ3) is 7.16. The van der Waals surface area contributed by atoms with Crippen LogP contribution in [0.3, 0.4) is 0 Å². The first-order chi connectivity index (χ1) is 11.6. The molecule has 0 aromatic heterocycles. The van der Waals surface area contributed by atoms with Crippen molar-refractivity contribution in [1.29, 1.82) is 0 Å². The maximum atomic E-state index is 13.2. The summed E-state index contributed by atoms with van der Waals surface area (Å²) in [4.78, 5) is 4.29. The predicted molar refractivity (Wildman–Crippen MR) is 110 cm³/mol. The second kappa shape index (κ2) is 10.8. The fourth-order valence-electron chi connectivity index (χ4n) is 2.04. The minimum absolute atomic E-state index is 0. The molecule has 1 unspecified atom stereocenters. The van der Waals surface area contributed by atoms with E-state index in [2.05, 4.69) is 10.3 Å². The molecule has 0 heterocycles. The Morgan fingerprint density at radius 3 is 2.52 bits per heavy atom. The molecule has 2 aromatic carbocycles. The number of aliphatic imine (C=N–C) groups is 1. The van der Waals surface area contributed by atoms with Gasteiger partial charge in [0, 0.05) is 11.8 Å². The minimum Gasteiger partial charge on any atom is -0.497 e. The number of ether oxygens (including phenoxy) is 2. The Morgan fingerprint density at radius 2 is 1.92 bits per heavy atom. The molecular weight excluding hydrogens is 436 g/mol. The van der Waals surface area contributed by atoms with Crippen molar-refractivity contribution in [1.82, 2.24) is 0 Å². The van der Waals surface area contributed by atoms with Crippen molar-refractivity contribution in [2.24, 2.45) is 10.7 Å². The van der Waals surface area contributed by atoms with Crippen molar-refractivity contribution < 1.29 is 13.9 Å². The minimum atomic E-state index is -0.327. The second-order valence-electron chi connectivity index (χ2n) is 5.18. The molecule has 1 atom stereocenters. The van der Waals surface area contributed by atoms with Crippen LogP contribution in [0.2, 0.25) is 0 Å². The van der Waals surface area contributed by atoms with Crippen LogP contribution < -0.4 is 20.5 Å². The molecule has 136 valence electrons. The highest BCUT2D eigenvalue weighted by Gasteiger charge is 2.08. The number of nitrogens with two attached hydrogens (primary N) is 1. The van der Waals surface area contributed by atoms with Gasteiger partial charge in [0.05, 0.1) is 13.7 Å². The van der Waals surface area contributed by atoms with Gasteiger partial charge in [0.15, 0.2) is 5.96 Å². The van der Waals surface area contributed by atoms with Gasteiger partial charge in [0.2, 0.25) is 0 Å². The van der Waals surface area contributed by atoms with Gasteiger partial charge in [0.1, 0.15) is 23.4 Å². The molecule has 5 nitrogen and oxygen atoms in total. The zero-order valence-corrected chi connectivity index (χ0v) is 16.6. The number of benzene rings is 2. The molecule has 0 aliphatic rings. The Morgan fingerprint density at radius 1 is 1.20 bits per heavy atom. The number of nitrogens with zero attached hydrogens (tertiary/aromatic N) is 1. The molecule has 0 saturated carbocycles. The van der Waals surface area contributed by atoms with Gasteiger partial charge in [-0.3, -0.25) is 0 Å². The molecule has 25 heavy (non-hydrogen) atoms. The molecule has 0 bridgehead atoms. The van der Waals surface area contributed by atoms with Crippen LogP contribution in [0, 0.1) is 5.82 Å². The number of methoxy groups -OCH3 is 1. The molecule has 0 fully saturated rings. The van der Waals surface area contributed by atoms with Gasteiger partial charge in [-0.05, 0) is 42.8 Å². The average molecular weight is 459 g/mol. The smallest absolute Gasteiger partial charge is 0.193 e. The highest BCUT2D eigenvalue weighted by atomic mass is 127. The molecule has 7 heteroatoms. The number of rotatable bonds is 7. The number of halogens is 2. The van der Waals surface area contributed by atoms with Gasteiger partial charge in [-0.25, -0.2) is 9.38 Å². The van der Waals surface area contributed by atoms with Crippen LogP contribution in [-0.2, 0) is 0 Å². The zero-order valence-electron chi connectivity index (χ0n) is 14.2.